The van der Waals surface area contributed by atoms with Crippen LogP contribution in [0, 0.1) is 0 Å². The molecule has 8 nitrogen and oxygen atoms in total. The van der Waals surface area contributed by atoms with Crippen LogP contribution in [0.1, 0.15) is 52.0 Å². The standard InChI is InChI=1S/C22H25N3O5/c23-21(27)14-2-7-18(25-15-3-5-16(26)6-4-15)17(10-14)22(28)24-11-13-1-8-19-20(9-13)30-12-29-19/h1-2,7-10,15-16,25-26H,3-6,11-12H2,(H2,23,27)(H,24,28). The van der Waals surface area contributed by atoms with Crippen molar-refractivity contribution in [3.63, 3.8) is 0 Å². The van der Waals surface area contributed by atoms with Crippen molar-refractivity contribution < 1.29 is 24.2 Å². The van der Waals surface area contributed by atoms with Crippen LogP contribution in [0.2, 0.25) is 0 Å². The normalized spacial score (nSPS) is 19.9. The molecule has 2 aromatic rings. The molecule has 2 amide bonds. The fraction of sp³-hybridized carbons (Fsp3) is 0.364. The van der Waals surface area contributed by atoms with Gasteiger partial charge in [-0.15, -0.1) is 0 Å². The van der Waals surface area contributed by atoms with E-state index >= 15 is 0 Å². The monoisotopic (exact) mass is 411 g/mol. The lowest BCUT2D eigenvalue weighted by molar-refractivity contribution is 0.0951. The van der Waals surface area contributed by atoms with Crippen LogP contribution in [0.15, 0.2) is 36.4 Å². The van der Waals surface area contributed by atoms with Crippen molar-refractivity contribution in [2.24, 2.45) is 5.73 Å². The number of fused-ring (bicyclic) bond motifs is 1. The first kappa shape index (κ1) is 20.0. The van der Waals surface area contributed by atoms with Gasteiger partial charge in [0.25, 0.3) is 5.91 Å². The molecule has 8 heteroatoms. The van der Waals surface area contributed by atoms with Gasteiger partial charge in [-0.2, -0.15) is 0 Å². The van der Waals surface area contributed by atoms with Gasteiger partial charge in [-0.3, -0.25) is 9.59 Å². The number of carbonyl (C=O) groups is 2. The molecule has 5 N–H and O–H groups in total. The van der Waals surface area contributed by atoms with E-state index in [2.05, 4.69) is 10.6 Å². The van der Waals surface area contributed by atoms with Crippen LogP contribution in [0.5, 0.6) is 11.5 Å². The number of amides is 2. The first-order valence-electron chi connectivity index (χ1n) is 10.0. The van der Waals surface area contributed by atoms with Crippen LogP contribution >= 0.6 is 0 Å². The van der Waals surface area contributed by atoms with Crippen molar-refractivity contribution >= 4 is 17.5 Å². The molecular formula is C22H25N3O5. The zero-order valence-corrected chi connectivity index (χ0v) is 16.5. The number of rotatable bonds is 6. The van der Waals surface area contributed by atoms with Crippen LogP contribution in [0.25, 0.3) is 0 Å². The highest BCUT2D eigenvalue weighted by atomic mass is 16.7. The minimum Gasteiger partial charge on any atom is -0.454 e. The van der Waals surface area contributed by atoms with Gasteiger partial charge in [0, 0.05) is 23.8 Å². The van der Waals surface area contributed by atoms with Crippen LogP contribution in [0.3, 0.4) is 0 Å². The minimum atomic E-state index is -0.591. The highest BCUT2D eigenvalue weighted by molar-refractivity contribution is 6.03. The van der Waals surface area contributed by atoms with Crippen LogP contribution in [0.4, 0.5) is 5.69 Å². The zero-order chi connectivity index (χ0) is 21.1. The fourth-order valence-corrected chi connectivity index (χ4v) is 3.78. The smallest absolute Gasteiger partial charge is 0.253 e. The molecule has 0 spiro atoms. The van der Waals surface area contributed by atoms with E-state index in [1.165, 1.54) is 6.07 Å². The highest BCUT2D eigenvalue weighted by Gasteiger charge is 2.22. The lowest BCUT2D eigenvalue weighted by Crippen LogP contribution is -2.30. The van der Waals surface area contributed by atoms with E-state index in [1.807, 2.05) is 18.2 Å². The van der Waals surface area contributed by atoms with Gasteiger partial charge in [0.15, 0.2) is 11.5 Å². The van der Waals surface area contributed by atoms with Crippen molar-refractivity contribution in [1.29, 1.82) is 0 Å². The lowest BCUT2D eigenvalue weighted by atomic mass is 9.92. The number of carbonyl (C=O) groups excluding carboxylic acids is 2. The number of aliphatic hydroxyl groups excluding tert-OH is 1. The molecule has 0 aromatic heterocycles. The number of ether oxygens (including phenoxy) is 2. The summed E-state index contributed by atoms with van der Waals surface area (Å²) in [6, 6.07) is 10.5. The maximum atomic E-state index is 12.9. The van der Waals surface area contributed by atoms with E-state index < -0.39 is 5.91 Å². The maximum Gasteiger partial charge on any atom is 0.253 e. The van der Waals surface area contributed by atoms with Crippen LogP contribution in [-0.4, -0.2) is 35.9 Å². The number of anilines is 1. The van der Waals surface area contributed by atoms with Gasteiger partial charge >= 0.3 is 0 Å². The molecule has 0 atom stereocenters. The largest absolute Gasteiger partial charge is 0.454 e. The first-order valence-corrected chi connectivity index (χ1v) is 10.0. The van der Waals surface area contributed by atoms with Gasteiger partial charge in [-0.1, -0.05) is 6.07 Å². The van der Waals surface area contributed by atoms with E-state index in [0.29, 0.717) is 29.3 Å². The molecule has 2 aromatic carbocycles. The summed E-state index contributed by atoms with van der Waals surface area (Å²) in [5.41, 5.74) is 7.55. The molecule has 0 bridgehead atoms. The summed E-state index contributed by atoms with van der Waals surface area (Å²) in [5, 5.41) is 16.0. The Morgan fingerprint density at radius 1 is 1.03 bits per heavy atom. The Labute approximate surface area is 174 Å². The number of aliphatic hydroxyl groups is 1. The molecular weight excluding hydrogens is 386 g/mol. The number of nitrogens with two attached hydrogens (primary N) is 1. The Hall–Kier alpha value is -3.26. The lowest BCUT2D eigenvalue weighted by Gasteiger charge is -2.28. The molecule has 1 aliphatic carbocycles. The topological polar surface area (TPSA) is 123 Å². The number of hydrogen-bond acceptors (Lipinski definition) is 6. The predicted molar refractivity (Wildman–Crippen MR) is 111 cm³/mol. The highest BCUT2D eigenvalue weighted by Crippen LogP contribution is 2.32. The Morgan fingerprint density at radius 3 is 2.57 bits per heavy atom. The van der Waals surface area contributed by atoms with E-state index in [1.54, 1.807) is 12.1 Å². The average molecular weight is 411 g/mol. The molecule has 0 saturated heterocycles. The summed E-state index contributed by atoms with van der Waals surface area (Å²) in [7, 11) is 0. The van der Waals surface area contributed by atoms with E-state index in [4.69, 9.17) is 15.2 Å². The third kappa shape index (κ3) is 4.49. The van der Waals surface area contributed by atoms with E-state index in [9.17, 15) is 14.7 Å². The summed E-state index contributed by atoms with van der Waals surface area (Å²) in [4.78, 5) is 24.6. The Kier molecular flexibility index (Phi) is 5.76. The second-order valence-corrected chi connectivity index (χ2v) is 7.64. The van der Waals surface area contributed by atoms with Crippen molar-refractivity contribution in [3.8, 4) is 11.5 Å². The summed E-state index contributed by atoms with van der Waals surface area (Å²) in [6.45, 7) is 0.490. The average Bonchev–Trinajstić information content (AvgIpc) is 3.21. The quantitative estimate of drug-likeness (QED) is 0.578. The molecule has 158 valence electrons. The molecule has 1 saturated carbocycles. The van der Waals surface area contributed by atoms with Crippen LogP contribution < -0.4 is 25.8 Å². The number of primary amides is 1. The van der Waals surface area contributed by atoms with Crippen molar-refractivity contribution in [1.82, 2.24) is 5.32 Å². The van der Waals surface area contributed by atoms with Gasteiger partial charge in [-0.25, -0.2) is 0 Å². The van der Waals surface area contributed by atoms with Gasteiger partial charge in [0.05, 0.1) is 11.7 Å². The number of benzene rings is 2. The summed E-state index contributed by atoms with van der Waals surface area (Å²) in [6.07, 6.45) is 2.82. The maximum absolute atomic E-state index is 12.9. The number of hydrogen-bond donors (Lipinski definition) is 4. The van der Waals surface area contributed by atoms with Crippen molar-refractivity contribution in [2.45, 2.75) is 44.4 Å². The fourth-order valence-electron chi connectivity index (χ4n) is 3.78. The second kappa shape index (κ2) is 8.62. The zero-order valence-electron chi connectivity index (χ0n) is 16.5. The molecule has 4 rings (SSSR count). The first-order chi connectivity index (χ1) is 14.5. The summed E-state index contributed by atoms with van der Waals surface area (Å²) in [5.74, 6) is 0.434. The Morgan fingerprint density at radius 2 is 1.80 bits per heavy atom. The molecule has 1 fully saturated rings. The summed E-state index contributed by atoms with van der Waals surface area (Å²) >= 11 is 0. The second-order valence-electron chi connectivity index (χ2n) is 7.64. The third-order valence-electron chi connectivity index (χ3n) is 5.50. The van der Waals surface area contributed by atoms with Gasteiger partial charge in [0.1, 0.15) is 0 Å². The molecule has 30 heavy (non-hydrogen) atoms. The SMILES string of the molecule is NC(=O)c1ccc(NC2CCC(O)CC2)c(C(=O)NCc2ccc3c(c2)OCO3)c1. The number of nitrogens with one attached hydrogen (secondary N) is 2. The van der Waals surface area contributed by atoms with Crippen molar-refractivity contribution in [2.75, 3.05) is 12.1 Å². The molecule has 1 aliphatic heterocycles. The Bertz CT molecular complexity index is 954. The molecule has 2 aliphatic rings. The van der Waals surface area contributed by atoms with Gasteiger partial charge < -0.3 is 30.9 Å². The van der Waals surface area contributed by atoms with E-state index in [0.717, 1.165) is 31.2 Å². The van der Waals surface area contributed by atoms with E-state index in [-0.39, 0.29) is 30.4 Å². The third-order valence-corrected chi connectivity index (χ3v) is 5.50. The van der Waals surface area contributed by atoms with Crippen molar-refractivity contribution in [3.05, 3.63) is 53.1 Å². The van der Waals surface area contributed by atoms with Gasteiger partial charge in [-0.05, 0) is 61.6 Å². The van der Waals surface area contributed by atoms with Gasteiger partial charge in [0.2, 0.25) is 12.7 Å². The minimum absolute atomic E-state index is 0.160. The predicted octanol–water partition coefficient (Wildman–Crippen LogP) is 2.16. The molecule has 0 unspecified atom stereocenters. The molecule has 0 radical (unpaired) electrons. The van der Waals surface area contributed by atoms with Crippen LogP contribution in [-0.2, 0) is 6.54 Å². The summed E-state index contributed by atoms with van der Waals surface area (Å²) < 4.78 is 10.7. The Balaban J connectivity index is 1.49. The molecule has 1 heterocycles.